The molecule has 0 spiro atoms. The summed E-state index contributed by atoms with van der Waals surface area (Å²) in [7, 11) is 1.38. The minimum Gasteiger partial charge on any atom is -0.495 e. The molecule has 0 saturated carbocycles. The van der Waals surface area contributed by atoms with Gasteiger partial charge in [0.05, 0.1) is 47.3 Å². The summed E-state index contributed by atoms with van der Waals surface area (Å²) in [5, 5.41) is 19.3. The van der Waals surface area contributed by atoms with Gasteiger partial charge in [-0.2, -0.15) is 18.4 Å². The number of carboxylic acid groups (broad SMARTS) is 1. The molecule has 0 fully saturated rings. The lowest BCUT2D eigenvalue weighted by atomic mass is 9.91. The zero-order valence-corrected chi connectivity index (χ0v) is 21.7. The van der Waals surface area contributed by atoms with Crippen molar-refractivity contribution < 1.29 is 36.9 Å². The Morgan fingerprint density at radius 2 is 1.97 bits per heavy atom. The summed E-state index contributed by atoms with van der Waals surface area (Å²) in [5.74, 6) is -1.34. The maximum Gasteiger partial charge on any atom is 0.432 e. The molecule has 0 amide bonds. The van der Waals surface area contributed by atoms with Crippen LogP contribution in [0.3, 0.4) is 0 Å². The van der Waals surface area contributed by atoms with Crippen molar-refractivity contribution in [2.24, 2.45) is 0 Å². The van der Waals surface area contributed by atoms with Crippen LogP contribution in [-0.4, -0.2) is 33.9 Å². The molecule has 12 heteroatoms. The maximum atomic E-state index is 16.2. The van der Waals surface area contributed by atoms with Crippen LogP contribution >= 0.6 is 11.6 Å². The highest BCUT2D eigenvalue weighted by Crippen LogP contribution is 2.52. The number of halogens is 5. The van der Waals surface area contributed by atoms with Gasteiger partial charge in [0.15, 0.2) is 0 Å². The van der Waals surface area contributed by atoms with Crippen LogP contribution in [0.5, 0.6) is 5.75 Å². The Bertz CT molecular complexity index is 1530. The number of hydrogen-bond acceptors (Lipinski definition) is 5. The number of allylic oxidation sites excluding steroid dienone is 1. The first kappa shape index (κ1) is 28.1. The summed E-state index contributed by atoms with van der Waals surface area (Å²) in [6.07, 6.45) is -8.79. The van der Waals surface area contributed by atoms with E-state index in [1.54, 1.807) is 18.2 Å². The summed E-state index contributed by atoms with van der Waals surface area (Å²) < 4.78 is 71.8. The lowest BCUT2D eigenvalue weighted by molar-refractivity contribution is -0.222. The minimum atomic E-state index is -5.43. The van der Waals surface area contributed by atoms with E-state index in [4.69, 9.17) is 21.1 Å². The fourth-order valence-corrected chi connectivity index (χ4v) is 5.06. The average Bonchev–Trinajstić information content (AvgIpc) is 3.16. The van der Waals surface area contributed by atoms with Crippen molar-refractivity contribution in [1.82, 2.24) is 9.55 Å². The van der Waals surface area contributed by atoms with Crippen LogP contribution in [-0.2, 0) is 15.2 Å². The SMILES string of the molecule is C=C(C)C(F)(c1c(C)nc2n1-c1ccc(C#N)cc1[C@@H](c1cccc(OC)c1Cl)O[C@@H]2CC(=O)O)C(F)(F)F. The zero-order valence-electron chi connectivity index (χ0n) is 20.9. The third kappa shape index (κ3) is 4.53. The third-order valence-corrected chi connectivity index (χ3v) is 6.91. The largest absolute Gasteiger partial charge is 0.495 e. The van der Waals surface area contributed by atoms with Gasteiger partial charge in [-0.25, -0.2) is 9.37 Å². The molecule has 1 N–H and O–H groups in total. The zero-order chi connectivity index (χ0) is 28.9. The van der Waals surface area contributed by atoms with Crippen LogP contribution in [0.25, 0.3) is 5.69 Å². The van der Waals surface area contributed by atoms with E-state index in [2.05, 4.69) is 11.6 Å². The quantitative estimate of drug-likeness (QED) is 0.266. The van der Waals surface area contributed by atoms with E-state index in [0.717, 1.165) is 11.5 Å². The highest BCUT2D eigenvalue weighted by atomic mass is 35.5. The van der Waals surface area contributed by atoms with Gasteiger partial charge in [0.25, 0.3) is 5.67 Å². The van der Waals surface area contributed by atoms with E-state index in [1.807, 2.05) is 6.07 Å². The number of ether oxygens (including phenoxy) is 2. The summed E-state index contributed by atoms with van der Waals surface area (Å²) >= 11 is 6.58. The van der Waals surface area contributed by atoms with Gasteiger partial charge in [0.1, 0.15) is 23.8 Å². The number of carbonyl (C=O) groups is 1. The number of benzene rings is 2. The normalized spacial score (nSPS) is 18.2. The first-order valence-electron chi connectivity index (χ1n) is 11.5. The molecule has 3 aromatic rings. The standard InChI is InChI=1S/C27H22ClF4N3O4/c1-13(2)26(29,27(30,31)32)24-14(3)34-25-20(11-21(36)37)39-23(16-6-5-7-19(38-4)22(16)28)17-10-15(12-33)8-9-18(17)35(24)25/h5-10,20,23H,1,11H2,2-4H3,(H,36,37)/t20-,23-,26?/m1/s1. The van der Waals surface area contributed by atoms with Gasteiger partial charge in [0.2, 0.25) is 0 Å². The van der Waals surface area contributed by atoms with E-state index >= 15 is 4.39 Å². The van der Waals surface area contributed by atoms with E-state index in [1.165, 1.54) is 32.2 Å². The Balaban J connectivity index is 2.16. The van der Waals surface area contributed by atoms with Crippen LogP contribution in [0, 0.1) is 18.3 Å². The minimum absolute atomic E-state index is 0.00361. The van der Waals surface area contributed by atoms with Gasteiger partial charge in [-0.05, 0) is 43.7 Å². The molecule has 7 nitrogen and oxygen atoms in total. The van der Waals surface area contributed by atoms with Crippen molar-refractivity contribution in [1.29, 1.82) is 5.26 Å². The molecular formula is C27H22ClF4N3O4. The third-order valence-electron chi connectivity index (χ3n) is 6.51. The Hall–Kier alpha value is -3.88. The average molecular weight is 564 g/mol. The predicted molar refractivity (Wildman–Crippen MR) is 133 cm³/mol. The molecule has 0 radical (unpaired) electrons. The lowest BCUT2D eigenvalue weighted by Crippen LogP contribution is -2.41. The summed E-state index contributed by atoms with van der Waals surface area (Å²) in [6, 6.07) is 10.8. The monoisotopic (exact) mass is 563 g/mol. The molecule has 4 rings (SSSR count). The first-order valence-corrected chi connectivity index (χ1v) is 11.9. The van der Waals surface area contributed by atoms with Crippen molar-refractivity contribution >= 4 is 17.6 Å². The molecule has 1 aliphatic rings. The Labute approximate surface area is 225 Å². The predicted octanol–water partition coefficient (Wildman–Crippen LogP) is 6.65. The number of carboxylic acids is 1. The van der Waals surface area contributed by atoms with E-state index < -0.39 is 47.7 Å². The highest BCUT2D eigenvalue weighted by molar-refractivity contribution is 6.32. The van der Waals surface area contributed by atoms with Crippen LogP contribution in [0.1, 0.15) is 59.5 Å². The van der Waals surface area contributed by atoms with Crippen molar-refractivity contribution in [3.8, 4) is 17.5 Å². The van der Waals surface area contributed by atoms with Crippen LogP contribution < -0.4 is 4.74 Å². The fraction of sp³-hybridized carbons (Fsp3) is 0.296. The van der Waals surface area contributed by atoms with Crippen molar-refractivity contribution in [2.75, 3.05) is 7.11 Å². The number of methoxy groups -OCH3 is 1. The topological polar surface area (TPSA) is 97.4 Å². The molecule has 0 bridgehead atoms. The molecule has 0 saturated heterocycles. The Kier molecular flexibility index (Phi) is 7.23. The molecule has 204 valence electrons. The van der Waals surface area contributed by atoms with Gasteiger partial charge >= 0.3 is 12.1 Å². The van der Waals surface area contributed by atoms with E-state index in [-0.39, 0.29) is 44.7 Å². The smallest absolute Gasteiger partial charge is 0.432 e. The molecule has 3 atom stereocenters. The van der Waals surface area contributed by atoms with E-state index in [0.29, 0.717) is 0 Å². The second kappa shape index (κ2) is 10.0. The molecule has 0 aliphatic carbocycles. The Morgan fingerprint density at radius 1 is 1.28 bits per heavy atom. The summed E-state index contributed by atoms with van der Waals surface area (Å²) in [5.41, 5.74) is -5.56. The fourth-order valence-electron chi connectivity index (χ4n) is 4.76. The molecular weight excluding hydrogens is 542 g/mol. The number of aliphatic carboxylic acids is 1. The number of fused-ring (bicyclic) bond motifs is 3. The number of hydrogen-bond donors (Lipinski definition) is 1. The lowest BCUT2D eigenvalue weighted by Gasteiger charge is -2.30. The van der Waals surface area contributed by atoms with E-state index in [9.17, 15) is 28.3 Å². The molecule has 1 aliphatic heterocycles. The highest BCUT2D eigenvalue weighted by Gasteiger charge is 2.61. The van der Waals surface area contributed by atoms with Gasteiger partial charge < -0.3 is 14.6 Å². The molecule has 2 aromatic carbocycles. The van der Waals surface area contributed by atoms with Crippen molar-refractivity contribution in [3.63, 3.8) is 0 Å². The maximum absolute atomic E-state index is 16.2. The second-order valence-electron chi connectivity index (χ2n) is 9.03. The number of aromatic nitrogens is 2. The van der Waals surface area contributed by atoms with Gasteiger partial charge in [-0.15, -0.1) is 0 Å². The number of nitrogens with zero attached hydrogens (tertiary/aromatic N) is 3. The molecule has 1 unspecified atom stereocenters. The van der Waals surface area contributed by atoms with Crippen LogP contribution in [0.2, 0.25) is 5.02 Å². The number of aryl methyl sites for hydroxylation is 1. The van der Waals surface area contributed by atoms with Gasteiger partial charge in [0, 0.05) is 11.1 Å². The first-order chi connectivity index (χ1) is 18.3. The Morgan fingerprint density at radius 3 is 2.54 bits per heavy atom. The molecule has 39 heavy (non-hydrogen) atoms. The van der Waals surface area contributed by atoms with Crippen molar-refractivity contribution in [2.45, 2.75) is 44.3 Å². The summed E-state index contributed by atoms with van der Waals surface area (Å²) in [6.45, 7) is 5.37. The summed E-state index contributed by atoms with van der Waals surface area (Å²) in [4.78, 5) is 16.1. The second-order valence-corrected chi connectivity index (χ2v) is 9.41. The van der Waals surface area contributed by atoms with Crippen LogP contribution in [0.4, 0.5) is 17.6 Å². The number of imidazole rings is 1. The number of nitriles is 1. The molecule has 2 heterocycles. The van der Waals surface area contributed by atoms with Gasteiger partial charge in [-0.1, -0.05) is 30.3 Å². The van der Waals surface area contributed by atoms with Crippen LogP contribution in [0.15, 0.2) is 48.6 Å². The van der Waals surface area contributed by atoms with Crippen molar-refractivity contribution in [3.05, 3.63) is 87.5 Å². The molecule has 1 aromatic heterocycles. The van der Waals surface area contributed by atoms with Gasteiger partial charge in [-0.3, -0.25) is 9.36 Å². The number of rotatable bonds is 6. The number of alkyl halides is 4.